The van der Waals surface area contributed by atoms with Crippen LogP contribution in [0.15, 0.2) is 41.3 Å². The van der Waals surface area contributed by atoms with E-state index in [9.17, 15) is 14.4 Å². The van der Waals surface area contributed by atoms with Crippen LogP contribution in [-0.2, 0) is 16.6 Å². The molecule has 1 aliphatic heterocycles. The molecule has 1 N–H and O–H groups in total. The standard InChI is InChI=1S/C20H23N3O5/c1-14-3-5-16(6-4-14)28-13-18(24)21-17-11-15(12-22(2)20(17)26)19(25)23-7-9-27-10-8-23/h3-6,11-12H,7-10,13H2,1-2H3,(H,21,24). The van der Waals surface area contributed by atoms with Gasteiger partial charge in [0.25, 0.3) is 17.4 Å². The van der Waals surface area contributed by atoms with E-state index in [1.807, 2.05) is 19.1 Å². The first kappa shape index (κ1) is 19.6. The number of nitrogens with one attached hydrogen (secondary N) is 1. The summed E-state index contributed by atoms with van der Waals surface area (Å²) in [6.07, 6.45) is 1.47. The molecular weight excluding hydrogens is 362 g/mol. The lowest BCUT2D eigenvalue weighted by atomic mass is 10.2. The molecule has 0 aliphatic carbocycles. The maximum atomic E-state index is 12.7. The predicted molar refractivity (Wildman–Crippen MR) is 104 cm³/mol. The van der Waals surface area contributed by atoms with Gasteiger partial charge in [-0.2, -0.15) is 0 Å². The smallest absolute Gasteiger partial charge is 0.274 e. The third kappa shape index (κ3) is 4.77. The zero-order chi connectivity index (χ0) is 20.1. The van der Waals surface area contributed by atoms with Gasteiger partial charge in [-0.3, -0.25) is 14.4 Å². The highest BCUT2D eigenvalue weighted by molar-refractivity contribution is 5.97. The van der Waals surface area contributed by atoms with Crippen LogP contribution in [0.25, 0.3) is 0 Å². The van der Waals surface area contributed by atoms with E-state index < -0.39 is 11.5 Å². The highest BCUT2D eigenvalue weighted by Crippen LogP contribution is 2.12. The molecule has 28 heavy (non-hydrogen) atoms. The monoisotopic (exact) mass is 385 g/mol. The van der Waals surface area contributed by atoms with Crippen molar-refractivity contribution in [3.8, 4) is 5.75 Å². The topological polar surface area (TPSA) is 89.9 Å². The molecular formula is C20H23N3O5. The number of pyridine rings is 1. The van der Waals surface area contributed by atoms with Crippen LogP contribution in [0.5, 0.6) is 5.75 Å². The minimum Gasteiger partial charge on any atom is -0.484 e. The molecule has 1 fully saturated rings. The number of hydrogen-bond acceptors (Lipinski definition) is 5. The van der Waals surface area contributed by atoms with E-state index in [-0.39, 0.29) is 18.2 Å². The van der Waals surface area contributed by atoms with Crippen molar-refractivity contribution in [1.82, 2.24) is 9.47 Å². The van der Waals surface area contributed by atoms with Gasteiger partial charge in [-0.1, -0.05) is 17.7 Å². The molecule has 2 heterocycles. The summed E-state index contributed by atoms with van der Waals surface area (Å²) in [6.45, 7) is 3.67. The number of carbonyl (C=O) groups excluding carboxylic acids is 2. The first-order valence-electron chi connectivity index (χ1n) is 9.01. The minimum absolute atomic E-state index is 0.0408. The van der Waals surface area contributed by atoms with Crippen LogP contribution in [0.3, 0.4) is 0 Å². The van der Waals surface area contributed by atoms with Gasteiger partial charge in [0.15, 0.2) is 6.61 Å². The number of ether oxygens (including phenoxy) is 2. The molecule has 2 amide bonds. The third-order valence-corrected chi connectivity index (χ3v) is 4.39. The lowest BCUT2D eigenvalue weighted by Gasteiger charge is -2.27. The van der Waals surface area contributed by atoms with Crippen LogP contribution in [0.1, 0.15) is 15.9 Å². The predicted octanol–water partition coefficient (Wildman–Crippen LogP) is 1.18. The molecule has 2 aromatic rings. The number of hydrogen-bond donors (Lipinski definition) is 1. The lowest BCUT2D eigenvalue weighted by Crippen LogP contribution is -2.41. The quantitative estimate of drug-likeness (QED) is 0.835. The first-order chi connectivity index (χ1) is 13.4. The second-order valence-electron chi connectivity index (χ2n) is 6.61. The Labute approximate surface area is 162 Å². The number of benzene rings is 1. The van der Waals surface area contributed by atoms with Gasteiger partial charge >= 0.3 is 0 Å². The fourth-order valence-electron chi connectivity index (χ4n) is 2.84. The summed E-state index contributed by atoms with van der Waals surface area (Å²) >= 11 is 0. The van der Waals surface area contributed by atoms with Gasteiger partial charge in [-0.05, 0) is 25.1 Å². The molecule has 0 saturated carbocycles. The van der Waals surface area contributed by atoms with Gasteiger partial charge in [-0.25, -0.2) is 0 Å². The Kier molecular flexibility index (Phi) is 6.10. The maximum absolute atomic E-state index is 12.7. The second kappa shape index (κ2) is 8.71. The molecule has 0 bridgehead atoms. The SMILES string of the molecule is Cc1ccc(OCC(=O)Nc2cc(C(=O)N3CCOCC3)cn(C)c2=O)cc1. The summed E-state index contributed by atoms with van der Waals surface area (Å²) in [6, 6.07) is 8.70. The van der Waals surface area contributed by atoms with Crippen LogP contribution in [0.2, 0.25) is 0 Å². The summed E-state index contributed by atoms with van der Waals surface area (Å²) in [5, 5.41) is 2.54. The van der Waals surface area contributed by atoms with Crippen LogP contribution in [0.4, 0.5) is 5.69 Å². The van der Waals surface area contributed by atoms with E-state index in [1.54, 1.807) is 17.0 Å². The zero-order valence-electron chi connectivity index (χ0n) is 15.9. The fraction of sp³-hybridized carbons (Fsp3) is 0.350. The summed E-state index contributed by atoms with van der Waals surface area (Å²) in [7, 11) is 1.54. The fourth-order valence-corrected chi connectivity index (χ4v) is 2.84. The number of anilines is 1. The van der Waals surface area contributed by atoms with Gasteiger partial charge in [0.05, 0.1) is 18.8 Å². The molecule has 0 atom stereocenters. The Balaban J connectivity index is 1.69. The van der Waals surface area contributed by atoms with Crippen LogP contribution in [-0.4, -0.2) is 54.2 Å². The molecule has 1 saturated heterocycles. The number of morpholine rings is 1. The molecule has 0 unspecified atom stereocenters. The molecule has 8 heteroatoms. The summed E-state index contributed by atoms with van der Waals surface area (Å²) in [5.74, 6) is -0.121. The number of aromatic nitrogens is 1. The molecule has 148 valence electrons. The van der Waals surface area contributed by atoms with E-state index >= 15 is 0 Å². The molecule has 3 rings (SSSR count). The molecule has 1 aliphatic rings. The molecule has 0 spiro atoms. The summed E-state index contributed by atoms with van der Waals surface area (Å²) < 4.78 is 12.0. The van der Waals surface area contributed by atoms with E-state index in [0.717, 1.165) is 5.56 Å². The number of nitrogens with zero attached hydrogens (tertiary/aromatic N) is 2. The Bertz CT molecular complexity index is 914. The maximum Gasteiger partial charge on any atom is 0.274 e. The lowest BCUT2D eigenvalue weighted by molar-refractivity contribution is -0.118. The Morgan fingerprint density at radius 1 is 1.18 bits per heavy atom. The number of aryl methyl sites for hydroxylation is 2. The Morgan fingerprint density at radius 2 is 1.86 bits per heavy atom. The van der Waals surface area contributed by atoms with Gasteiger partial charge in [0.1, 0.15) is 11.4 Å². The van der Waals surface area contributed by atoms with Crippen molar-refractivity contribution in [3.05, 3.63) is 58.0 Å². The molecule has 8 nitrogen and oxygen atoms in total. The van der Waals surface area contributed by atoms with Gasteiger partial charge < -0.3 is 24.3 Å². The number of amides is 2. The van der Waals surface area contributed by atoms with Gasteiger partial charge in [-0.15, -0.1) is 0 Å². The van der Waals surface area contributed by atoms with E-state index in [1.165, 1.54) is 23.9 Å². The Hall–Kier alpha value is -3.13. The highest BCUT2D eigenvalue weighted by Gasteiger charge is 2.20. The normalized spacial score (nSPS) is 13.9. The van der Waals surface area contributed by atoms with Crippen molar-refractivity contribution in [2.75, 3.05) is 38.2 Å². The van der Waals surface area contributed by atoms with E-state index in [4.69, 9.17) is 9.47 Å². The van der Waals surface area contributed by atoms with Crippen molar-refractivity contribution >= 4 is 17.5 Å². The largest absolute Gasteiger partial charge is 0.484 e. The van der Waals surface area contributed by atoms with Gasteiger partial charge in [0.2, 0.25) is 0 Å². The molecule has 1 aromatic carbocycles. The summed E-state index contributed by atoms with van der Waals surface area (Å²) in [4.78, 5) is 38.9. The minimum atomic E-state index is -0.478. The van der Waals surface area contributed by atoms with Crippen molar-refractivity contribution in [2.45, 2.75) is 6.92 Å². The highest BCUT2D eigenvalue weighted by atomic mass is 16.5. The Morgan fingerprint density at radius 3 is 2.54 bits per heavy atom. The number of carbonyl (C=O) groups is 2. The van der Waals surface area contributed by atoms with Crippen molar-refractivity contribution < 1.29 is 19.1 Å². The number of rotatable bonds is 5. The second-order valence-corrected chi connectivity index (χ2v) is 6.61. The molecule has 0 radical (unpaired) electrons. The summed E-state index contributed by atoms with van der Waals surface area (Å²) in [5.41, 5.74) is 1.06. The van der Waals surface area contributed by atoms with Crippen LogP contribution in [0, 0.1) is 6.92 Å². The average Bonchev–Trinajstić information content (AvgIpc) is 2.71. The van der Waals surface area contributed by atoms with E-state index in [0.29, 0.717) is 37.6 Å². The van der Waals surface area contributed by atoms with Crippen molar-refractivity contribution in [2.24, 2.45) is 7.05 Å². The molecule has 1 aromatic heterocycles. The van der Waals surface area contributed by atoms with E-state index in [2.05, 4.69) is 5.32 Å². The third-order valence-electron chi connectivity index (χ3n) is 4.39. The van der Waals surface area contributed by atoms with Gasteiger partial charge in [0, 0.05) is 26.3 Å². The zero-order valence-corrected chi connectivity index (χ0v) is 15.9. The van der Waals surface area contributed by atoms with Crippen LogP contribution < -0.4 is 15.6 Å². The first-order valence-corrected chi connectivity index (χ1v) is 9.01. The van der Waals surface area contributed by atoms with Crippen molar-refractivity contribution in [3.63, 3.8) is 0 Å². The average molecular weight is 385 g/mol. The van der Waals surface area contributed by atoms with Crippen molar-refractivity contribution in [1.29, 1.82) is 0 Å². The van der Waals surface area contributed by atoms with Crippen LogP contribution >= 0.6 is 0 Å².